The van der Waals surface area contributed by atoms with Gasteiger partial charge in [0.1, 0.15) is 10.8 Å². The van der Waals surface area contributed by atoms with Crippen molar-refractivity contribution >= 4 is 17.3 Å². The van der Waals surface area contributed by atoms with Gasteiger partial charge in [-0.1, -0.05) is 0 Å². The monoisotopic (exact) mass is 263 g/mol. The van der Waals surface area contributed by atoms with Gasteiger partial charge in [0.2, 0.25) is 5.76 Å². The fourth-order valence-corrected chi connectivity index (χ4v) is 3.38. The van der Waals surface area contributed by atoms with Crippen molar-refractivity contribution in [3.05, 3.63) is 39.2 Å². The SMILES string of the molecule is O=C(O)c1ccc(Cc2nc3c(s2)CCCC3)o1. The average molecular weight is 263 g/mol. The Bertz CT molecular complexity index is 561. The molecule has 0 radical (unpaired) electrons. The molecule has 0 aliphatic heterocycles. The van der Waals surface area contributed by atoms with Gasteiger partial charge in [-0.25, -0.2) is 9.78 Å². The number of hydrogen-bond donors (Lipinski definition) is 1. The van der Waals surface area contributed by atoms with Gasteiger partial charge in [-0.15, -0.1) is 11.3 Å². The topological polar surface area (TPSA) is 63.3 Å². The van der Waals surface area contributed by atoms with Gasteiger partial charge in [0.15, 0.2) is 0 Å². The van der Waals surface area contributed by atoms with Crippen molar-refractivity contribution < 1.29 is 14.3 Å². The molecule has 3 rings (SSSR count). The van der Waals surface area contributed by atoms with E-state index in [1.165, 1.54) is 29.5 Å². The molecule has 2 heterocycles. The third-order valence-corrected chi connectivity index (χ3v) is 4.25. The highest BCUT2D eigenvalue weighted by molar-refractivity contribution is 7.11. The summed E-state index contributed by atoms with van der Waals surface area (Å²) >= 11 is 1.73. The average Bonchev–Trinajstić information content (AvgIpc) is 2.94. The zero-order valence-electron chi connectivity index (χ0n) is 9.81. The molecule has 1 aliphatic carbocycles. The van der Waals surface area contributed by atoms with E-state index >= 15 is 0 Å². The van der Waals surface area contributed by atoms with E-state index in [0.717, 1.165) is 17.8 Å². The summed E-state index contributed by atoms with van der Waals surface area (Å²) in [5.41, 5.74) is 1.23. The highest BCUT2D eigenvalue weighted by Gasteiger charge is 2.16. The van der Waals surface area contributed by atoms with Crippen LogP contribution in [0.3, 0.4) is 0 Å². The largest absolute Gasteiger partial charge is 0.475 e. The van der Waals surface area contributed by atoms with Gasteiger partial charge < -0.3 is 9.52 Å². The zero-order valence-corrected chi connectivity index (χ0v) is 10.6. The van der Waals surface area contributed by atoms with Crippen molar-refractivity contribution in [2.75, 3.05) is 0 Å². The summed E-state index contributed by atoms with van der Waals surface area (Å²) in [6, 6.07) is 3.20. The van der Waals surface area contributed by atoms with Crippen molar-refractivity contribution in [3.63, 3.8) is 0 Å². The first-order valence-electron chi connectivity index (χ1n) is 6.02. The Labute approximate surface area is 108 Å². The summed E-state index contributed by atoms with van der Waals surface area (Å²) in [6.45, 7) is 0. The lowest BCUT2D eigenvalue weighted by molar-refractivity contribution is 0.0660. The molecule has 18 heavy (non-hydrogen) atoms. The van der Waals surface area contributed by atoms with Gasteiger partial charge in [0.25, 0.3) is 0 Å². The predicted octanol–water partition coefficient (Wildman–Crippen LogP) is 2.90. The first-order valence-corrected chi connectivity index (χ1v) is 6.83. The second kappa shape index (κ2) is 4.57. The molecule has 0 atom stereocenters. The van der Waals surface area contributed by atoms with Gasteiger partial charge in [-0.2, -0.15) is 0 Å². The number of aromatic carboxylic acids is 1. The van der Waals surface area contributed by atoms with Crippen LogP contribution in [-0.2, 0) is 19.3 Å². The summed E-state index contributed by atoms with van der Waals surface area (Å²) in [6.07, 6.45) is 5.26. The number of aryl methyl sites for hydroxylation is 2. The molecule has 0 fully saturated rings. The fourth-order valence-electron chi connectivity index (χ4n) is 2.22. The van der Waals surface area contributed by atoms with Gasteiger partial charge in [-0.3, -0.25) is 0 Å². The van der Waals surface area contributed by atoms with E-state index in [2.05, 4.69) is 4.98 Å². The summed E-state index contributed by atoms with van der Waals surface area (Å²) < 4.78 is 5.25. The zero-order chi connectivity index (χ0) is 12.5. The van der Waals surface area contributed by atoms with Gasteiger partial charge in [0.05, 0.1) is 12.1 Å². The van der Waals surface area contributed by atoms with E-state index < -0.39 is 5.97 Å². The molecule has 2 aromatic heterocycles. The Hall–Kier alpha value is -1.62. The Balaban J connectivity index is 1.79. The van der Waals surface area contributed by atoms with Gasteiger partial charge >= 0.3 is 5.97 Å². The van der Waals surface area contributed by atoms with Gasteiger partial charge in [-0.05, 0) is 37.8 Å². The molecule has 1 N–H and O–H groups in total. The van der Waals surface area contributed by atoms with E-state index in [9.17, 15) is 4.79 Å². The maximum atomic E-state index is 10.7. The number of carbonyl (C=O) groups is 1. The molecule has 0 unspecified atom stereocenters. The maximum absolute atomic E-state index is 10.7. The second-order valence-corrected chi connectivity index (χ2v) is 5.60. The van der Waals surface area contributed by atoms with E-state index in [1.807, 2.05) is 0 Å². The molecule has 4 nitrogen and oxygen atoms in total. The van der Waals surface area contributed by atoms with Gasteiger partial charge in [0, 0.05) is 4.88 Å². The number of hydrogen-bond acceptors (Lipinski definition) is 4. The number of carboxylic acid groups (broad SMARTS) is 1. The highest BCUT2D eigenvalue weighted by Crippen LogP contribution is 2.28. The van der Waals surface area contributed by atoms with Crippen LogP contribution in [0, 0.1) is 0 Å². The molecule has 2 aromatic rings. The van der Waals surface area contributed by atoms with E-state index in [1.54, 1.807) is 17.4 Å². The molecule has 0 spiro atoms. The predicted molar refractivity (Wildman–Crippen MR) is 67.2 cm³/mol. The Morgan fingerprint density at radius 1 is 1.39 bits per heavy atom. The number of aromatic nitrogens is 1. The summed E-state index contributed by atoms with van der Waals surface area (Å²) in [5, 5.41) is 9.81. The van der Waals surface area contributed by atoms with Crippen LogP contribution in [0.1, 0.15) is 44.7 Å². The molecule has 0 saturated carbocycles. The highest BCUT2D eigenvalue weighted by atomic mass is 32.1. The number of carboxylic acids is 1. The van der Waals surface area contributed by atoms with Crippen LogP contribution < -0.4 is 0 Å². The van der Waals surface area contributed by atoms with Crippen molar-refractivity contribution in [2.24, 2.45) is 0 Å². The van der Waals surface area contributed by atoms with Crippen molar-refractivity contribution in [2.45, 2.75) is 32.1 Å². The molecule has 0 aromatic carbocycles. The van der Waals surface area contributed by atoms with E-state index in [0.29, 0.717) is 12.2 Å². The van der Waals surface area contributed by atoms with Crippen LogP contribution in [-0.4, -0.2) is 16.1 Å². The number of furan rings is 1. The third kappa shape index (κ3) is 2.18. The van der Waals surface area contributed by atoms with Crippen LogP contribution in [0.2, 0.25) is 0 Å². The minimum atomic E-state index is -1.03. The lowest BCUT2D eigenvalue weighted by Crippen LogP contribution is -1.99. The quantitative estimate of drug-likeness (QED) is 0.924. The van der Waals surface area contributed by atoms with Crippen molar-refractivity contribution in [3.8, 4) is 0 Å². The number of fused-ring (bicyclic) bond motifs is 1. The van der Waals surface area contributed by atoms with Crippen molar-refractivity contribution in [1.82, 2.24) is 4.98 Å². The molecular weight excluding hydrogens is 250 g/mol. The van der Waals surface area contributed by atoms with Crippen LogP contribution >= 0.6 is 11.3 Å². The van der Waals surface area contributed by atoms with E-state index in [4.69, 9.17) is 9.52 Å². The van der Waals surface area contributed by atoms with Crippen LogP contribution in [0.5, 0.6) is 0 Å². The Morgan fingerprint density at radius 2 is 2.22 bits per heavy atom. The maximum Gasteiger partial charge on any atom is 0.371 e. The minimum absolute atomic E-state index is 0.00804. The summed E-state index contributed by atoms with van der Waals surface area (Å²) in [4.78, 5) is 16.7. The normalized spacial score (nSPS) is 14.4. The standard InChI is InChI=1S/C13H13NO3S/c15-13(16)10-6-5-8(17-10)7-12-14-9-3-1-2-4-11(9)18-12/h5-6H,1-4,7H2,(H,15,16). The van der Waals surface area contributed by atoms with Crippen molar-refractivity contribution in [1.29, 1.82) is 0 Å². The smallest absolute Gasteiger partial charge is 0.371 e. The number of rotatable bonds is 3. The first-order chi connectivity index (χ1) is 8.72. The van der Waals surface area contributed by atoms with Crippen LogP contribution in [0.25, 0.3) is 0 Å². The fraction of sp³-hybridized carbons (Fsp3) is 0.385. The Kier molecular flexibility index (Phi) is 2.91. The summed E-state index contributed by atoms with van der Waals surface area (Å²) in [7, 11) is 0. The van der Waals surface area contributed by atoms with Crippen LogP contribution in [0.4, 0.5) is 0 Å². The van der Waals surface area contributed by atoms with E-state index in [-0.39, 0.29) is 5.76 Å². The lowest BCUT2D eigenvalue weighted by Gasteiger charge is -2.06. The minimum Gasteiger partial charge on any atom is -0.475 e. The molecule has 0 saturated heterocycles. The lowest BCUT2D eigenvalue weighted by atomic mass is 10.0. The third-order valence-electron chi connectivity index (χ3n) is 3.09. The van der Waals surface area contributed by atoms with Crippen LogP contribution in [0.15, 0.2) is 16.5 Å². The number of thiazole rings is 1. The first kappa shape index (κ1) is 11.5. The number of nitrogens with zero attached hydrogens (tertiary/aromatic N) is 1. The molecule has 0 amide bonds. The second-order valence-electron chi connectivity index (χ2n) is 4.43. The molecule has 1 aliphatic rings. The molecular formula is C13H13NO3S. The molecule has 0 bridgehead atoms. The Morgan fingerprint density at radius 3 is 2.94 bits per heavy atom. The summed E-state index contributed by atoms with van der Waals surface area (Å²) in [5.74, 6) is -0.371. The molecule has 5 heteroatoms. The molecule has 94 valence electrons.